The summed E-state index contributed by atoms with van der Waals surface area (Å²) in [6.07, 6.45) is 4.59. The van der Waals surface area contributed by atoms with E-state index in [0.29, 0.717) is 0 Å². The highest BCUT2D eigenvalue weighted by molar-refractivity contribution is 9.11. The summed E-state index contributed by atoms with van der Waals surface area (Å²) in [4.78, 5) is 0. The Morgan fingerprint density at radius 2 is 2.38 bits per heavy atom. The lowest BCUT2D eigenvalue weighted by Crippen LogP contribution is -2.01. The quantitative estimate of drug-likeness (QED) is 0.843. The molecule has 68 valence electrons. The van der Waals surface area contributed by atoms with Crippen LogP contribution in [0.1, 0.15) is 5.01 Å². The Kier molecular flexibility index (Phi) is 2.70. The smallest absolute Gasteiger partial charge is 0.183 e. The van der Waals surface area contributed by atoms with Crippen LogP contribution in [-0.2, 0) is 13.0 Å². The van der Waals surface area contributed by atoms with Crippen molar-refractivity contribution in [2.45, 2.75) is 13.0 Å². The summed E-state index contributed by atoms with van der Waals surface area (Å²) in [5.74, 6) is 0. The second-order valence-corrected chi connectivity index (χ2v) is 4.81. The minimum absolute atomic E-state index is 0.836. The standard InChI is InChI=1S/C7H7BrN4S/c8-7-11-10-6(13-7)2-5-12-4-1-3-9-12/h1,3-4H,2,5H2. The van der Waals surface area contributed by atoms with E-state index < -0.39 is 0 Å². The predicted octanol–water partition coefficient (Wildman–Crippen LogP) is 1.74. The van der Waals surface area contributed by atoms with Crippen molar-refractivity contribution >= 4 is 27.3 Å². The lowest BCUT2D eigenvalue weighted by Gasteiger charge is -1.96. The molecule has 13 heavy (non-hydrogen) atoms. The average Bonchev–Trinajstić information content (AvgIpc) is 2.71. The zero-order valence-electron chi connectivity index (χ0n) is 6.72. The second kappa shape index (κ2) is 3.97. The molecule has 6 heteroatoms. The summed E-state index contributed by atoms with van der Waals surface area (Å²) in [6.45, 7) is 0.856. The molecule has 0 atom stereocenters. The third-order valence-electron chi connectivity index (χ3n) is 1.56. The summed E-state index contributed by atoms with van der Waals surface area (Å²) in [7, 11) is 0. The minimum Gasteiger partial charge on any atom is -0.272 e. The van der Waals surface area contributed by atoms with Crippen molar-refractivity contribution in [2.24, 2.45) is 0 Å². The maximum atomic E-state index is 4.10. The monoisotopic (exact) mass is 258 g/mol. The van der Waals surface area contributed by atoms with Crippen molar-refractivity contribution in [3.63, 3.8) is 0 Å². The van der Waals surface area contributed by atoms with Crippen LogP contribution in [0.15, 0.2) is 22.4 Å². The Bertz CT molecular complexity index is 370. The highest BCUT2D eigenvalue weighted by Gasteiger charge is 2.01. The molecule has 0 saturated carbocycles. The molecule has 0 saturated heterocycles. The molecule has 0 amide bonds. The molecule has 0 aromatic carbocycles. The molecule has 2 aromatic heterocycles. The zero-order chi connectivity index (χ0) is 9.10. The maximum Gasteiger partial charge on any atom is 0.183 e. The van der Waals surface area contributed by atoms with Gasteiger partial charge >= 0.3 is 0 Å². The van der Waals surface area contributed by atoms with Crippen LogP contribution in [0.5, 0.6) is 0 Å². The average molecular weight is 259 g/mol. The second-order valence-electron chi connectivity index (χ2n) is 2.47. The molecule has 4 nitrogen and oxygen atoms in total. The number of halogens is 1. The molecule has 0 aliphatic carbocycles. The van der Waals surface area contributed by atoms with Crippen LogP contribution < -0.4 is 0 Å². The molecule has 0 spiro atoms. The number of nitrogens with zero attached hydrogens (tertiary/aromatic N) is 4. The summed E-state index contributed by atoms with van der Waals surface area (Å²) < 4.78 is 2.72. The van der Waals surface area contributed by atoms with Crippen LogP contribution in [0.3, 0.4) is 0 Å². The molecule has 0 radical (unpaired) electrons. The minimum atomic E-state index is 0.836. The normalized spacial score (nSPS) is 10.5. The van der Waals surface area contributed by atoms with E-state index in [4.69, 9.17) is 0 Å². The van der Waals surface area contributed by atoms with Gasteiger partial charge in [-0.15, -0.1) is 10.2 Å². The van der Waals surface area contributed by atoms with E-state index in [2.05, 4.69) is 31.2 Å². The van der Waals surface area contributed by atoms with Crippen molar-refractivity contribution in [1.29, 1.82) is 0 Å². The fraction of sp³-hybridized carbons (Fsp3) is 0.286. The van der Waals surface area contributed by atoms with Crippen molar-refractivity contribution < 1.29 is 0 Å². The third-order valence-corrected chi connectivity index (χ3v) is 2.97. The first-order valence-corrected chi connectivity index (χ1v) is 5.41. The van der Waals surface area contributed by atoms with Crippen molar-refractivity contribution in [2.75, 3.05) is 0 Å². The van der Waals surface area contributed by atoms with Gasteiger partial charge in [0.2, 0.25) is 0 Å². The summed E-state index contributed by atoms with van der Waals surface area (Å²) in [5.41, 5.74) is 0. The molecule has 0 bridgehead atoms. The van der Waals surface area contributed by atoms with E-state index in [-0.39, 0.29) is 0 Å². The predicted molar refractivity (Wildman–Crippen MR) is 53.5 cm³/mol. The number of aryl methyl sites for hydroxylation is 2. The molecule has 0 aliphatic rings. The van der Waals surface area contributed by atoms with Crippen molar-refractivity contribution in [1.82, 2.24) is 20.0 Å². The van der Waals surface area contributed by atoms with Crippen LogP contribution in [0, 0.1) is 0 Å². The van der Waals surface area contributed by atoms with Crippen molar-refractivity contribution in [3.05, 3.63) is 27.4 Å². The van der Waals surface area contributed by atoms with Gasteiger partial charge in [-0.2, -0.15) is 5.10 Å². The molecular weight excluding hydrogens is 252 g/mol. The van der Waals surface area contributed by atoms with Gasteiger partial charge in [0, 0.05) is 25.4 Å². The first-order valence-electron chi connectivity index (χ1n) is 3.80. The lowest BCUT2D eigenvalue weighted by molar-refractivity contribution is 0.611. The highest BCUT2D eigenvalue weighted by atomic mass is 79.9. The first-order chi connectivity index (χ1) is 6.34. The highest BCUT2D eigenvalue weighted by Crippen LogP contribution is 2.16. The Balaban J connectivity index is 1.93. The Hall–Kier alpha value is -0.750. The molecule has 0 fully saturated rings. The number of hydrogen-bond donors (Lipinski definition) is 0. The third kappa shape index (κ3) is 2.35. The van der Waals surface area contributed by atoms with Crippen LogP contribution in [0.4, 0.5) is 0 Å². The lowest BCUT2D eigenvalue weighted by atomic mass is 10.4. The van der Waals surface area contributed by atoms with Gasteiger partial charge in [0.15, 0.2) is 3.92 Å². The fourth-order valence-corrected chi connectivity index (χ4v) is 2.17. The molecule has 0 aliphatic heterocycles. The SMILES string of the molecule is Brc1nnc(CCn2cccn2)s1. The van der Waals surface area contributed by atoms with E-state index in [0.717, 1.165) is 21.9 Å². The number of rotatable bonds is 3. The van der Waals surface area contributed by atoms with E-state index in [9.17, 15) is 0 Å². The van der Waals surface area contributed by atoms with Gasteiger partial charge in [-0.1, -0.05) is 11.3 Å². The Labute approximate surface area is 87.7 Å². The summed E-state index contributed by atoms with van der Waals surface area (Å²) in [6, 6.07) is 1.91. The van der Waals surface area contributed by atoms with E-state index in [1.807, 2.05) is 16.9 Å². The summed E-state index contributed by atoms with van der Waals surface area (Å²) >= 11 is 4.84. The van der Waals surface area contributed by atoms with Gasteiger partial charge < -0.3 is 0 Å². The van der Waals surface area contributed by atoms with Crippen LogP contribution >= 0.6 is 27.3 Å². The zero-order valence-corrected chi connectivity index (χ0v) is 9.12. The van der Waals surface area contributed by atoms with E-state index in [1.54, 1.807) is 17.5 Å². The molecule has 0 N–H and O–H groups in total. The van der Waals surface area contributed by atoms with Crippen LogP contribution in [0.25, 0.3) is 0 Å². The molecule has 2 rings (SSSR count). The van der Waals surface area contributed by atoms with Crippen LogP contribution in [0.2, 0.25) is 0 Å². The molecular formula is C7H7BrN4S. The molecule has 2 aromatic rings. The van der Waals surface area contributed by atoms with Gasteiger partial charge in [0.1, 0.15) is 5.01 Å². The van der Waals surface area contributed by atoms with Crippen molar-refractivity contribution in [3.8, 4) is 0 Å². The fourth-order valence-electron chi connectivity index (χ4n) is 0.977. The van der Waals surface area contributed by atoms with Crippen LogP contribution in [-0.4, -0.2) is 20.0 Å². The first kappa shape index (κ1) is 8.83. The molecule has 0 unspecified atom stereocenters. The van der Waals surface area contributed by atoms with Gasteiger partial charge in [-0.25, -0.2) is 0 Å². The largest absolute Gasteiger partial charge is 0.272 e. The van der Waals surface area contributed by atoms with Gasteiger partial charge in [-0.3, -0.25) is 4.68 Å². The topological polar surface area (TPSA) is 43.6 Å². The van der Waals surface area contributed by atoms with Gasteiger partial charge in [-0.05, 0) is 22.0 Å². The van der Waals surface area contributed by atoms with E-state index in [1.165, 1.54) is 0 Å². The Morgan fingerprint density at radius 1 is 1.46 bits per heavy atom. The van der Waals surface area contributed by atoms with E-state index >= 15 is 0 Å². The number of aromatic nitrogens is 4. The number of hydrogen-bond acceptors (Lipinski definition) is 4. The maximum absolute atomic E-state index is 4.10. The molecule has 2 heterocycles. The van der Waals surface area contributed by atoms with Gasteiger partial charge in [0.25, 0.3) is 0 Å². The van der Waals surface area contributed by atoms with Gasteiger partial charge in [0.05, 0.1) is 0 Å². The Morgan fingerprint density at radius 3 is 3.00 bits per heavy atom. The summed E-state index contributed by atoms with van der Waals surface area (Å²) in [5, 5.41) is 13.0.